The molecule has 1 N–H and O–H groups in total. The average molecular weight is 227 g/mol. The lowest BCUT2D eigenvalue weighted by Crippen LogP contribution is -2.45. The highest BCUT2D eigenvalue weighted by atomic mass is 16.5. The molecule has 0 spiro atoms. The molecule has 96 valence electrons. The molecule has 0 bridgehead atoms. The Kier molecular flexibility index (Phi) is 5.77. The predicted molar refractivity (Wildman–Crippen MR) is 69.7 cm³/mol. The first kappa shape index (κ1) is 14.0. The van der Waals surface area contributed by atoms with Crippen LogP contribution in [-0.4, -0.2) is 25.8 Å². The second-order valence-electron chi connectivity index (χ2n) is 5.35. The van der Waals surface area contributed by atoms with Crippen molar-refractivity contribution >= 4 is 0 Å². The fraction of sp³-hybridized carbons (Fsp3) is 1.00. The first-order chi connectivity index (χ1) is 7.69. The Morgan fingerprint density at radius 3 is 2.19 bits per heavy atom. The van der Waals surface area contributed by atoms with Crippen LogP contribution in [0.2, 0.25) is 0 Å². The molecule has 0 radical (unpaired) electrons. The van der Waals surface area contributed by atoms with Crippen LogP contribution in [0.25, 0.3) is 0 Å². The van der Waals surface area contributed by atoms with Gasteiger partial charge in [-0.25, -0.2) is 0 Å². The SMILES string of the molecule is CCC(CC)CC(CC1(OC)CCC1)NC. The molecule has 0 saturated heterocycles. The van der Waals surface area contributed by atoms with Crippen LogP contribution in [0.15, 0.2) is 0 Å². The molecular formula is C14H29NO. The fourth-order valence-electron chi connectivity index (χ4n) is 2.84. The smallest absolute Gasteiger partial charge is 0.0693 e. The van der Waals surface area contributed by atoms with Crippen molar-refractivity contribution in [3.8, 4) is 0 Å². The zero-order chi connectivity index (χ0) is 12.0. The molecule has 1 rings (SSSR count). The van der Waals surface area contributed by atoms with Crippen LogP contribution in [0, 0.1) is 5.92 Å². The highest BCUT2D eigenvalue weighted by Gasteiger charge is 2.38. The maximum atomic E-state index is 5.71. The Hall–Kier alpha value is -0.0800. The number of hydrogen-bond acceptors (Lipinski definition) is 2. The third-order valence-corrected chi connectivity index (χ3v) is 4.50. The highest BCUT2D eigenvalue weighted by molar-refractivity contribution is 4.93. The number of ether oxygens (including phenoxy) is 1. The van der Waals surface area contributed by atoms with Gasteiger partial charge >= 0.3 is 0 Å². The molecule has 0 aromatic rings. The summed E-state index contributed by atoms with van der Waals surface area (Å²) < 4.78 is 5.71. The lowest BCUT2D eigenvalue weighted by atomic mass is 9.74. The van der Waals surface area contributed by atoms with Crippen LogP contribution in [-0.2, 0) is 4.74 Å². The van der Waals surface area contributed by atoms with E-state index in [1.54, 1.807) is 0 Å². The minimum Gasteiger partial charge on any atom is -0.378 e. The number of methoxy groups -OCH3 is 1. The van der Waals surface area contributed by atoms with Crippen molar-refractivity contribution in [1.29, 1.82) is 0 Å². The van der Waals surface area contributed by atoms with E-state index >= 15 is 0 Å². The molecular weight excluding hydrogens is 198 g/mol. The summed E-state index contributed by atoms with van der Waals surface area (Å²) in [5.74, 6) is 0.867. The van der Waals surface area contributed by atoms with Gasteiger partial charge in [-0.3, -0.25) is 0 Å². The van der Waals surface area contributed by atoms with Crippen molar-refractivity contribution in [2.75, 3.05) is 14.2 Å². The van der Waals surface area contributed by atoms with E-state index in [2.05, 4.69) is 26.2 Å². The van der Waals surface area contributed by atoms with Crippen LogP contribution in [0.3, 0.4) is 0 Å². The van der Waals surface area contributed by atoms with Crippen LogP contribution in [0.5, 0.6) is 0 Å². The molecule has 0 aromatic carbocycles. The standard InChI is InChI=1S/C14H29NO/c1-5-12(6-2)10-13(15-3)11-14(16-4)8-7-9-14/h12-13,15H,5-11H2,1-4H3. The topological polar surface area (TPSA) is 21.3 Å². The van der Waals surface area contributed by atoms with Crippen molar-refractivity contribution < 1.29 is 4.74 Å². The predicted octanol–water partition coefficient (Wildman–Crippen LogP) is 3.36. The number of nitrogens with one attached hydrogen (secondary N) is 1. The summed E-state index contributed by atoms with van der Waals surface area (Å²) in [6.07, 6.45) is 8.94. The largest absolute Gasteiger partial charge is 0.378 e. The molecule has 1 aliphatic rings. The van der Waals surface area contributed by atoms with Crippen molar-refractivity contribution in [2.24, 2.45) is 5.92 Å². The highest BCUT2D eigenvalue weighted by Crippen LogP contribution is 2.39. The molecule has 0 heterocycles. The van der Waals surface area contributed by atoms with Crippen molar-refractivity contribution in [2.45, 2.75) is 70.4 Å². The Balaban J connectivity index is 2.41. The molecule has 16 heavy (non-hydrogen) atoms. The molecule has 1 atom stereocenters. The summed E-state index contributed by atoms with van der Waals surface area (Å²) >= 11 is 0. The summed E-state index contributed by atoms with van der Waals surface area (Å²) in [5, 5.41) is 3.48. The summed E-state index contributed by atoms with van der Waals surface area (Å²) in [6.45, 7) is 4.60. The van der Waals surface area contributed by atoms with E-state index < -0.39 is 0 Å². The van der Waals surface area contributed by atoms with Crippen LogP contribution in [0.4, 0.5) is 0 Å². The van der Waals surface area contributed by atoms with Gasteiger partial charge in [0.05, 0.1) is 5.60 Å². The third kappa shape index (κ3) is 3.46. The minimum absolute atomic E-state index is 0.208. The lowest BCUT2D eigenvalue weighted by molar-refractivity contribution is -0.0843. The van der Waals surface area contributed by atoms with Gasteiger partial charge in [0.1, 0.15) is 0 Å². The Morgan fingerprint density at radius 1 is 1.25 bits per heavy atom. The Bertz CT molecular complexity index is 180. The van der Waals surface area contributed by atoms with E-state index in [0.717, 1.165) is 5.92 Å². The van der Waals surface area contributed by atoms with Crippen LogP contribution in [0.1, 0.15) is 58.8 Å². The summed E-state index contributed by atoms with van der Waals surface area (Å²) in [4.78, 5) is 0. The van der Waals surface area contributed by atoms with Crippen molar-refractivity contribution in [3.05, 3.63) is 0 Å². The van der Waals surface area contributed by atoms with E-state index in [1.807, 2.05) is 7.11 Å². The molecule has 1 fully saturated rings. The van der Waals surface area contributed by atoms with E-state index in [0.29, 0.717) is 6.04 Å². The van der Waals surface area contributed by atoms with E-state index in [4.69, 9.17) is 4.74 Å². The van der Waals surface area contributed by atoms with Crippen LogP contribution < -0.4 is 5.32 Å². The molecule has 0 aliphatic heterocycles. The number of rotatable bonds is 8. The van der Waals surface area contributed by atoms with Crippen LogP contribution >= 0.6 is 0 Å². The normalized spacial score (nSPS) is 20.8. The molecule has 1 aliphatic carbocycles. The maximum absolute atomic E-state index is 5.71. The van der Waals surface area contributed by atoms with Gasteiger partial charge in [0.25, 0.3) is 0 Å². The quantitative estimate of drug-likeness (QED) is 0.686. The monoisotopic (exact) mass is 227 g/mol. The van der Waals surface area contributed by atoms with Gasteiger partial charge in [-0.1, -0.05) is 26.7 Å². The lowest BCUT2D eigenvalue weighted by Gasteiger charge is -2.43. The average Bonchev–Trinajstić information content (AvgIpc) is 2.28. The third-order valence-electron chi connectivity index (χ3n) is 4.50. The van der Waals surface area contributed by atoms with E-state index in [9.17, 15) is 0 Å². The van der Waals surface area contributed by atoms with Crippen molar-refractivity contribution in [3.63, 3.8) is 0 Å². The second-order valence-corrected chi connectivity index (χ2v) is 5.35. The maximum Gasteiger partial charge on any atom is 0.0693 e. The van der Waals surface area contributed by atoms with Crippen molar-refractivity contribution in [1.82, 2.24) is 5.32 Å². The summed E-state index contributed by atoms with van der Waals surface area (Å²) in [5.41, 5.74) is 0.208. The van der Waals surface area contributed by atoms with Gasteiger partial charge in [-0.05, 0) is 45.1 Å². The molecule has 1 unspecified atom stereocenters. The fourth-order valence-corrected chi connectivity index (χ4v) is 2.84. The zero-order valence-corrected chi connectivity index (χ0v) is 11.5. The first-order valence-corrected chi connectivity index (χ1v) is 6.92. The second kappa shape index (κ2) is 6.61. The Labute approximate surface area is 101 Å². The van der Waals surface area contributed by atoms with Gasteiger partial charge in [0.15, 0.2) is 0 Å². The van der Waals surface area contributed by atoms with E-state index in [-0.39, 0.29) is 5.60 Å². The minimum atomic E-state index is 0.208. The zero-order valence-electron chi connectivity index (χ0n) is 11.5. The molecule has 2 nitrogen and oxygen atoms in total. The van der Waals surface area contributed by atoms with Gasteiger partial charge in [-0.15, -0.1) is 0 Å². The first-order valence-electron chi connectivity index (χ1n) is 6.92. The summed E-state index contributed by atoms with van der Waals surface area (Å²) in [6, 6.07) is 0.630. The number of hydrogen-bond donors (Lipinski definition) is 1. The van der Waals surface area contributed by atoms with Gasteiger partial charge in [0.2, 0.25) is 0 Å². The molecule has 0 aromatic heterocycles. The van der Waals surface area contributed by atoms with E-state index in [1.165, 1.54) is 44.9 Å². The Morgan fingerprint density at radius 2 is 1.88 bits per heavy atom. The van der Waals surface area contributed by atoms with Gasteiger partial charge in [0, 0.05) is 13.2 Å². The molecule has 1 saturated carbocycles. The summed E-state index contributed by atoms with van der Waals surface area (Å²) in [7, 11) is 3.97. The van der Waals surface area contributed by atoms with Gasteiger partial charge < -0.3 is 10.1 Å². The molecule has 0 amide bonds. The molecule has 2 heteroatoms. The van der Waals surface area contributed by atoms with Gasteiger partial charge in [-0.2, -0.15) is 0 Å².